The lowest BCUT2D eigenvalue weighted by molar-refractivity contribution is -0.175. The molecule has 9 aromatic rings. The molecule has 9 aliphatic carbocycles. The Morgan fingerprint density at radius 3 is 2.23 bits per heavy atom. The molecule has 6 aromatic carbocycles. The van der Waals surface area contributed by atoms with E-state index in [2.05, 4.69) is 127 Å². The number of fused-ring (bicyclic) bond motifs is 14. The Morgan fingerprint density at radius 1 is 0.615 bits per heavy atom. The third-order valence-corrected chi connectivity index (χ3v) is 22.5. The predicted molar refractivity (Wildman–Crippen MR) is 264 cm³/mol. The van der Waals surface area contributed by atoms with Gasteiger partial charge in [0.05, 0.1) is 5.52 Å². The Labute approximate surface area is 379 Å². The molecular formula is C61H51BN2O. The smallest absolute Gasteiger partial charge is 0.333 e. The van der Waals surface area contributed by atoms with Crippen molar-refractivity contribution < 1.29 is 4.42 Å². The minimum atomic E-state index is 0.0462. The maximum absolute atomic E-state index is 6.92. The van der Waals surface area contributed by atoms with Crippen LogP contribution in [0.5, 0.6) is 0 Å². The fraction of sp³-hybridized carbons (Fsp3) is 0.377. The summed E-state index contributed by atoms with van der Waals surface area (Å²) < 4.78 is 12.4. The van der Waals surface area contributed by atoms with Crippen LogP contribution in [0.25, 0.3) is 82.7 Å². The molecular weight excluding hydrogens is 787 g/mol. The van der Waals surface area contributed by atoms with Gasteiger partial charge in [-0.3, -0.25) is 0 Å². The Balaban J connectivity index is 0.962. The molecule has 3 nitrogen and oxygen atoms in total. The molecule has 20 rings (SSSR count). The van der Waals surface area contributed by atoms with Crippen LogP contribution in [0.15, 0.2) is 101 Å². The van der Waals surface area contributed by atoms with Gasteiger partial charge in [0.2, 0.25) is 0 Å². The number of hydrogen-bond acceptors (Lipinski definition) is 1. The van der Waals surface area contributed by atoms with Gasteiger partial charge in [0.25, 0.3) is 0 Å². The number of aryl methyl sites for hydroxylation is 3. The van der Waals surface area contributed by atoms with E-state index < -0.39 is 0 Å². The molecule has 5 bridgehead atoms. The second kappa shape index (κ2) is 10.1. The van der Waals surface area contributed by atoms with Crippen LogP contribution in [0.2, 0.25) is 0 Å². The second-order valence-corrected chi connectivity index (χ2v) is 24.7. The fourth-order valence-corrected chi connectivity index (χ4v) is 20.7. The summed E-state index contributed by atoms with van der Waals surface area (Å²) in [5.74, 6) is 5.90. The first-order valence-corrected chi connectivity index (χ1v) is 25.6. The normalized spacial score (nSPS) is 34.9. The van der Waals surface area contributed by atoms with Crippen molar-refractivity contribution in [3.63, 3.8) is 0 Å². The van der Waals surface area contributed by atoms with Gasteiger partial charge in [0, 0.05) is 43.8 Å². The lowest BCUT2D eigenvalue weighted by Gasteiger charge is -2.66. The molecule has 314 valence electrons. The van der Waals surface area contributed by atoms with E-state index in [1.165, 1.54) is 163 Å². The third-order valence-electron chi connectivity index (χ3n) is 22.5. The second-order valence-electron chi connectivity index (χ2n) is 24.7. The first-order chi connectivity index (χ1) is 31.7. The average molecular weight is 839 g/mol. The molecule has 5 heterocycles. The van der Waals surface area contributed by atoms with Crippen molar-refractivity contribution in [1.29, 1.82) is 0 Å². The monoisotopic (exact) mass is 838 g/mol. The van der Waals surface area contributed by atoms with Gasteiger partial charge < -0.3 is 13.5 Å². The Morgan fingerprint density at radius 2 is 1.42 bits per heavy atom. The predicted octanol–water partition coefficient (Wildman–Crippen LogP) is 13.3. The van der Waals surface area contributed by atoms with Crippen molar-refractivity contribution in [1.82, 2.24) is 9.05 Å². The van der Waals surface area contributed by atoms with E-state index in [1.807, 2.05) is 0 Å². The average Bonchev–Trinajstić information content (AvgIpc) is 4.17. The molecule has 0 N–H and O–H groups in total. The van der Waals surface area contributed by atoms with Gasteiger partial charge in [0.15, 0.2) is 5.58 Å². The summed E-state index contributed by atoms with van der Waals surface area (Å²) in [6, 6.07) is 39.5. The molecule has 0 radical (unpaired) electrons. The van der Waals surface area contributed by atoms with Crippen LogP contribution in [0.1, 0.15) is 92.0 Å². The van der Waals surface area contributed by atoms with Gasteiger partial charge in [-0.15, -0.1) is 0 Å². The highest BCUT2D eigenvalue weighted by atomic mass is 16.3. The van der Waals surface area contributed by atoms with E-state index in [0.29, 0.717) is 21.7 Å². The molecule has 11 aliphatic rings. The largest absolute Gasteiger partial charge is 0.454 e. The molecule has 9 fully saturated rings. The molecule has 7 atom stereocenters. The maximum Gasteiger partial charge on any atom is 0.333 e. The van der Waals surface area contributed by atoms with E-state index >= 15 is 0 Å². The van der Waals surface area contributed by atoms with Gasteiger partial charge in [-0.25, -0.2) is 0 Å². The van der Waals surface area contributed by atoms with E-state index in [-0.39, 0.29) is 6.85 Å². The zero-order valence-corrected chi connectivity index (χ0v) is 37.7. The summed E-state index contributed by atoms with van der Waals surface area (Å²) >= 11 is 0. The van der Waals surface area contributed by atoms with Gasteiger partial charge in [-0.2, -0.15) is 0 Å². The van der Waals surface area contributed by atoms with Crippen molar-refractivity contribution in [2.24, 2.45) is 46.3 Å². The topological polar surface area (TPSA) is 23.0 Å². The summed E-state index contributed by atoms with van der Waals surface area (Å²) in [6.45, 7) is 6.97. The first kappa shape index (κ1) is 33.9. The zero-order chi connectivity index (χ0) is 42.0. The first-order valence-electron chi connectivity index (χ1n) is 25.6. The summed E-state index contributed by atoms with van der Waals surface area (Å²) in [5, 5.41) is 5.46. The zero-order valence-electron chi connectivity index (χ0n) is 37.7. The van der Waals surface area contributed by atoms with Crippen LogP contribution < -0.4 is 10.9 Å². The van der Waals surface area contributed by atoms with Crippen LogP contribution >= 0.6 is 0 Å². The van der Waals surface area contributed by atoms with Crippen molar-refractivity contribution in [3.8, 4) is 27.9 Å². The van der Waals surface area contributed by atoms with Gasteiger partial charge in [0.1, 0.15) is 11.1 Å². The van der Waals surface area contributed by atoms with Gasteiger partial charge in [-0.1, -0.05) is 48.0 Å². The molecule has 0 amide bonds. The summed E-state index contributed by atoms with van der Waals surface area (Å²) in [5.41, 5.74) is 26.6. The number of nitrogens with zero attached hydrogens (tertiary/aromatic N) is 2. The van der Waals surface area contributed by atoms with Crippen LogP contribution in [-0.2, 0) is 10.8 Å². The quantitative estimate of drug-likeness (QED) is 0.163. The number of hydrogen-bond donors (Lipinski definition) is 0. The molecule has 2 aliphatic heterocycles. The Hall–Kier alpha value is -5.48. The number of aromatic nitrogens is 2. The van der Waals surface area contributed by atoms with E-state index in [1.54, 1.807) is 11.1 Å². The molecule has 4 heteroatoms. The number of rotatable bonds is 3. The molecule has 3 aromatic heterocycles. The van der Waals surface area contributed by atoms with Crippen LogP contribution in [0, 0.1) is 67.1 Å². The highest BCUT2D eigenvalue weighted by molar-refractivity contribution is 6.90. The Kier molecular flexibility index (Phi) is 5.27. The standard InChI is InChI=1S/C61H51BN2O/c1-30-13-31(2)52(32(3)14-30)33-16-44-46-22-36(58-25-39-18-37-19-40(26-58)61(37,39)29-58)21-45-43-20-35(59-24-38-15-34-23-60(38,28-59)47(34)27-59)11-12-49(43)64(54(45)46)62-48-9-6-8-42-55(48)63(50(17-33)53(44)62)56-41-7-4-5-10-51(41)65-57(42)56/h4-14,16-17,20-22,34,37-40,47H,15,18-19,23-29H2,1-3H3. The molecule has 65 heavy (non-hydrogen) atoms. The SMILES string of the molecule is Cc1cc(C)c(-c2cc3c4c(c2)-n2c5c(cccc5c5oc6ccccc6c52)B4n2c4ccc(C56CC7CC8CC7(C5)C8C6)cc4c4cc(C56CC7CC8CC(C5)C87C6)cc-3c42)c(C)c1. The van der Waals surface area contributed by atoms with E-state index in [4.69, 9.17) is 4.42 Å². The van der Waals surface area contributed by atoms with Gasteiger partial charge >= 0.3 is 6.85 Å². The Bertz CT molecular complexity index is 3820. The third kappa shape index (κ3) is 3.37. The molecule has 7 unspecified atom stereocenters. The summed E-state index contributed by atoms with van der Waals surface area (Å²) in [7, 11) is 0. The highest BCUT2D eigenvalue weighted by Gasteiger charge is 2.78. The highest BCUT2D eigenvalue weighted by Crippen LogP contribution is 2.85. The minimum absolute atomic E-state index is 0.0462. The summed E-state index contributed by atoms with van der Waals surface area (Å²) in [4.78, 5) is 0. The summed E-state index contributed by atoms with van der Waals surface area (Å²) in [6.07, 6.45) is 14.6. The number of benzene rings is 6. The van der Waals surface area contributed by atoms with Crippen molar-refractivity contribution in [2.75, 3.05) is 0 Å². The van der Waals surface area contributed by atoms with Crippen molar-refractivity contribution in [3.05, 3.63) is 125 Å². The fourth-order valence-electron chi connectivity index (χ4n) is 20.7. The van der Waals surface area contributed by atoms with Crippen LogP contribution in [0.3, 0.4) is 0 Å². The van der Waals surface area contributed by atoms with Crippen molar-refractivity contribution in [2.45, 2.75) is 95.8 Å². The lowest BCUT2D eigenvalue weighted by atomic mass is 9.38. The van der Waals surface area contributed by atoms with Gasteiger partial charge in [-0.05, 0) is 247 Å². The number of para-hydroxylation sites is 2. The lowest BCUT2D eigenvalue weighted by Crippen LogP contribution is -2.59. The number of furan rings is 1. The van der Waals surface area contributed by atoms with E-state index in [0.717, 1.165) is 46.7 Å². The van der Waals surface area contributed by atoms with Crippen LogP contribution in [-0.4, -0.2) is 15.9 Å². The maximum atomic E-state index is 6.92. The van der Waals surface area contributed by atoms with E-state index in [9.17, 15) is 0 Å². The minimum Gasteiger partial charge on any atom is -0.454 e. The molecule has 0 saturated heterocycles. The molecule has 2 spiro atoms. The molecule has 9 saturated carbocycles. The van der Waals surface area contributed by atoms with Crippen LogP contribution in [0.4, 0.5) is 0 Å². The van der Waals surface area contributed by atoms with Crippen molar-refractivity contribution >= 4 is 72.6 Å².